The van der Waals surface area contributed by atoms with Crippen molar-refractivity contribution in [2.24, 2.45) is 0 Å². The molecule has 0 saturated carbocycles. The third-order valence-electron chi connectivity index (χ3n) is 3.61. The lowest BCUT2D eigenvalue weighted by Crippen LogP contribution is -2.29. The van der Waals surface area contributed by atoms with Crippen LogP contribution in [-0.2, 0) is 15.7 Å². The van der Waals surface area contributed by atoms with Gasteiger partial charge in [0.1, 0.15) is 0 Å². The number of aromatic nitrogens is 2. The number of amides is 1. The van der Waals surface area contributed by atoms with Gasteiger partial charge in [0, 0.05) is 6.54 Å². The van der Waals surface area contributed by atoms with Gasteiger partial charge in [0.15, 0.2) is 5.69 Å². The second-order valence-corrected chi connectivity index (χ2v) is 6.15. The van der Waals surface area contributed by atoms with Crippen LogP contribution in [0.15, 0.2) is 30.5 Å². The molecule has 2 aromatic rings. The number of esters is 1. The average Bonchev–Trinajstić information content (AvgIpc) is 2.99. The Labute approximate surface area is 154 Å². The molecule has 0 atom stereocenters. The van der Waals surface area contributed by atoms with Gasteiger partial charge in [-0.2, -0.15) is 18.3 Å². The molecule has 27 heavy (non-hydrogen) atoms. The normalized spacial score (nSPS) is 11.5. The molecule has 0 bridgehead atoms. The highest BCUT2D eigenvalue weighted by atomic mass is 19.4. The number of aryl methyl sites for hydroxylation is 1. The van der Waals surface area contributed by atoms with E-state index in [1.165, 1.54) is 6.07 Å². The van der Waals surface area contributed by atoms with E-state index in [2.05, 4.69) is 10.4 Å². The number of nitrogens with one attached hydrogen (secondary N) is 1. The molecule has 1 aromatic carbocycles. The standard InChI is InChI=1S/C18H20F3N3O3/c1-11(2)27-15(25)8-9-22-17(26)13-10-23-24(16(13)18(19,20)21)14-7-5-4-6-12(14)3/h4-7,10-11H,8-9H2,1-3H3,(H,22,26). The minimum atomic E-state index is -4.79. The van der Waals surface area contributed by atoms with Crippen LogP contribution in [0, 0.1) is 6.92 Å². The fraction of sp³-hybridized carbons (Fsp3) is 0.389. The Kier molecular flexibility index (Phi) is 6.24. The van der Waals surface area contributed by atoms with E-state index < -0.39 is 29.3 Å². The fourth-order valence-corrected chi connectivity index (χ4v) is 2.47. The van der Waals surface area contributed by atoms with Gasteiger partial charge in [-0.25, -0.2) is 4.68 Å². The quantitative estimate of drug-likeness (QED) is 0.777. The molecule has 6 nitrogen and oxygen atoms in total. The van der Waals surface area contributed by atoms with Crippen LogP contribution in [0.25, 0.3) is 5.69 Å². The van der Waals surface area contributed by atoms with Crippen LogP contribution in [0.2, 0.25) is 0 Å². The molecule has 9 heteroatoms. The number of carbonyl (C=O) groups excluding carboxylic acids is 2. The number of ether oxygens (including phenoxy) is 1. The largest absolute Gasteiger partial charge is 0.463 e. The average molecular weight is 383 g/mol. The second kappa shape index (κ2) is 8.24. The highest BCUT2D eigenvalue weighted by Gasteiger charge is 2.40. The SMILES string of the molecule is Cc1ccccc1-n1ncc(C(=O)NCCC(=O)OC(C)C)c1C(F)(F)F. The summed E-state index contributed by atoms with van der Waals surface area (Å²) in [6.45, 7) is 4.85. The molecular formula is C18H20F3N3O3. The Morgan fingerprint density at radius 1 is 1.26 bits per heavy atom. The molecule has 0 aliphatic heterocycles. The first-order valence-corrected chi connectivity index (χ1v) is 8.30. The highest BCUT2D eigenvalue weighted by Crippen LogP contribution is 2.34. The van der Waals surface area contributed by atoms with Crippen LogP contribution in [0.3, 0.4) is 0 Å². The second-order valence-electron chi connectivity index (χ2n) is 6.15. The van der Waals surface area contributed by atoms with Crippen LogP contribution >= 0.6 is 0 Å². The Balaban J connectivity index is 2.23. The monoisotopic (exact) mass is 383 g/mol. The molecule has 1 N–H and O–H groups in total. The minimum absolute atomic E-state index is 0.142. The number of para-hydroxylation sites is 1. The predicted octanol–water partition coefficient (Wildman–Crippen LogP) is 3.27. The number of hydrogen-bond acceptors (Lipinski definition) is 4. The van der Waals surface area contributed by atoms with E-state index in [0.717, 1.165) is 6.20 Å². The van der Waals surface area contributed by atoms with Crippen LogP contribution in [0.1, 0.15) is 41.9 Å². The number of hydrogen-bond donors (Lipinski definition) is 1. The van der Waals surface area contributed by atoms with Crippen molar-refractivity contribution < 1.29 is 27.5 Å². The van der Waals surface area contributed by atoms with Crippen LogP contribution in [0.5, 0.6) is 0 Å². The number of benzene rings is 1. The van der Waals surface area contributed by atoms with Crippen molar-refractivity contribution in [2.75, 3.05) is 6.54 Å². The molecule has 0 saturated heterocycles. The van der Waals surface area contributed by atoms with Crippen molar-refractivity contribution in [3.05, 3.63) is 47.3 Å². The molecule has 0 fully saturated rings. The van der Waals surface area contributed by atoms with E-state index in [1.54, 1.807) is 39.0 Å². The minimum Gasteiger partial charge on any atom is -0.463 e. The van der Waals surface area contributed by atoms with E-state index in [1.807, 2.05) is 0 Å². The summed E-state index contributed by atoms with van der Waals surface area (Å²) in [5, 5.41) is 6.06. The lowest BCUT2D eigenvalue weighted by Gasteiger charge is -2.14. The number of halogens is 3. The molecule has 0 aliphatic rings. The topological polar surface area (TPSA) is 73.2 Å². The summed E-state index contributed by atoms with van der Waals surface area (Å²) in [6, 6.07) is 6.42. The molecule has 1 amide bonds. The third kappa shape index (κ3) is 5.08. The Morgan fingerprint density at radius 3 is 2.52 bits per heavy atom. The molecule has 0 spiro atoms. The summed E-state index contributed by atoms with van der Waals surface area (Å²) in [6.07, 6.45) is -4.37. The molecular weight excluding hydrogens is 363 g/mol. The van der Waals surface area contributed by atoms with Crippen molar-refractivity contribution in [3.63, 3.8) is 0 Å². The molecule has 0 unspecified atom stereocenters. The Bertz CT molecular complexity index is 829. The van der Waals surface area contributed by atoms with Gasteiger partial charge in [-0.3, -0.25) is 9.59 Å². The number of alkyl halides is 3. The summed E-state index contributed by atoms with van der Waals surface area (Å²) in [7, 11) is 0. The molecule has 0 aliphatic carbocycles. The summed E-state index contributed by atoms with van der Waals surface area (Å²) in [5.74, 6) is -1.50. The van der Waals surface area contributed by atoms with Gasteiger partial charge in [-0.05, 0) is 32.4 Å². The van der Waals surface area contributed by atoms with Crippen molar-refractivity contribution in [1.82, 2.24) is 15.1 Å². The first kappa shape index (κ1) is 20.5. The van der Waals surface area contributed by atoms with E-state index in [9.17, 15) is 22.8 Å². The highest BCUT2D eigenvalue weighted by molar-refractivity contribution is 5.95. The summed E-state index contributed by atoms with van der Waals surface area (Å²) in [5.41, 5.74) is -0.971. The van der Waals surface area contributed by atoms with Gasteiger partial charge in [0.05, 0.1) is 30.0 Å². The summed E-state index contributed by atoms with van der Waals surface area (Å²) >= 11 is 0. The Hall–Kier alpha value is -2.84. The Morgan fingerprint density at radius 2 is 1.93 bits per heavy atom. The van der Waals surface area contributed by atoms with Crippen molar-refractivity contribution in [1.29, 1.82) is 0 Å². The van der Waals surface area contributed by atoms with Crippen molar-refractivity contribution >= 4 is 11.9 Å². The van der Waals surface area contributed by atoms with Crippen LogP contribution in [0.4, 0.5) is 13.2 Å². The van der Waals surface area contributed by atoms with E-state index >= 15 is 0 Å². The fourth-order valence-electron chi connectivity index (χ4n) is 2.47. The first-order valence-electron chi connectivity index (χ1n) is 8.30. The van der Waals surface area contributed by atoms with Gasteiger partial charge < -0.3 is 10.1 Å². The maximum Gasteiger partial charge on any atom is 0.434 e. The van der Waals surface area contributed by atoms with Gasteiger partial charge >= 0.3 is 12.1 Å². The van der Waals surface area contributed by atoms with Crippen molar-refractivity contribution in [3.8, 4) is 5.69 Å². The number of nitrogens with zero attached hydrogens (tertiary/aromatic N) is 2. The van der Waals surface area contributed by atoms with E-state index in [4.69, 9.17) is 4.74 Å². The van der Waals surface area contributed by atoms with Gasteiger partial charge in [-0.15, -0.1) is 0 Å². The summed E-state index contributed by atoms with van der Waals surface area (Å²) in [4.78, 5) is 23.7. The summed E-state index contributed by atoms with van der Waals surface area (Å²) < 4.78 is 46.4. The number of carbonyl (C=O) groups is 2. The zero-order chi connectivity index (χ0) is 20.2. The molecule has 1 heterocycles. The van der Waals surface area contributed by atoms with Gasteiger partial charge in [-0.1, -0.05) is 18.2 Å². The van der Waals surface area contributed by atoms with Crippen molar-refractivity contribution in [2.45, 2.75) is 39.5 Å². The number of rotatable bonds is 6. The first-order chi connectivity index (χ1) is 12.6. The van der Waals surface area contributed by atoms with E-state index in [0.29, 0.717) is 10.2 Å². The van der Waals surface area contributed by atoms with Crippen LogP contribution in [-0.4, -0.2) is 34.3 Å². The lowest BCUT2D eigenvalue weighted by atomic mass is 10.1. The molecule has 146 valence electrons. The maximum absolute atomic E-state index is 13.6. The predicted molar refractivity (Wildman–Crippen MR) is 91.5 cm³/mol. The van der Waals surface area contributed by atoms with Crippen LogP contribution < -0.4 is 5.32 Å². The smallest absolute Gasteiger partial charge is 0.434 e. The third-order valence-corrected chi connectivity index (χ3v) is 3.61. The van der Waals surface area contributed by atoms with Gasteiger partial charge in [0.25, 0.3) is 5.91 Å². The molecule has 0 radical (unpaired) electrons. The lowest BCUT2D eigenvalue weighted by molar-refractivity contribution is -0.147. The molecule has 2 rings (SSSR count). The zero-order valence-corrected chi connectivity index (χ0v) is 15.1. The van der Waals surface area contributed by atoms with E-state index in [-0.39, 0.29) is 24.8 Å². The maximum atomic E-state index is 13.6. The van der Waals surface area contributed by atoms with Gasteiger partial charge in [0.2, 0.25) is 0 Å². The molecule has 1 aromatic heterocycles. The zero-order valence-electron chi connectivity index (χ0n) is 15.1.